The zero-order valence-electron chi connectivity index (χ0n) is 78.0. The highest BCUT2D eigenvalue weighted by atomic mass is 32.2. The van der Waals surface area contributed by atoms with Crippen LogP contribution in [0.25, 0.3) is 0 Å². The summed E-state index contributed by atoms with van der Waals surface area (Å²) in [5.74, 6) is 1.56. The highest BCUT2D eigenvalue weighted by Crippen LogP contribution is 2.19. The topological polar surface area (TPSA) is 516 Å². The largest absolute Gasteiger partial charge is 0.454 e. The third-order valence-corrected chi connectivity index (χ3v) is 19.1. The molecular weight excluding hydrogens is 1490 g/mol. The van der Waals surface area contributed by atoms with Gasteiger partial charge in [0.1, 0.15) is 46.5 Å². The molecule has 0 aliphatic carbocycles. The van der Waals surface area contributed by atoms with Crippen LogP contribution in [0.1, 0.15) is 275 Å². The summed E-state index contributed by atoms with van der Waals surface area (Å²) >= 11 is 6.61. The van der Waals surface area contributed by atoms with Gasteiger partial charge in [0.15, 0.2) is 23.5 Å². The second-order valence-corrected chi connectivity index (χ2v) is 35.8. The summed E-state index contributed by atoms with van der Waals surface area (Å²) in [7, 11) is 0. The normalized spacial score (nSPS) is 16.7. The van der Waals surface area contributed by atoms with Crippen LogP contribution in [0, 0.1) is 88.8 Å². The predicted octanol–water partition coefficient (Wildman–Crippen LogP) is 9.52. The van der Waals surface area contributed by atoms with E-state index in [0.29, 0.717) is 29.5 Å². The molecule has 0 aromatic rings. The molecule has 0 radical (unpaired) electrons. The first-order valence-corrected chi connectivity index (χ1v) is 42.7. The smallest absolute Gasteiger partial charge is 0.323 e. The number of ketones is 10. The molecule has 114 heavy (non-hydrogen) atoms. The van der Waals surface area contributed by atoms with E-state index in [2.05, 4.69) is 10.6 Å². The van der Waals surface area contributed by atoms with E-state index in [1.165, 1.54) is 6.92 Å². The molecule has 0 saturated carbocycles. The lowest BCUT2D eigenvalue weighted by Crippen LogP contribution is -2.46. The number of esters is 1. The predicted molar refractivity (Wildman–Crippen MR) is 478 cm³/mol. The minimum atomic E-state index is -1.08. The van der Waals surface area contributed by atoms with E-state index in [-0.39, 0.29) is 183 Å². The van der Waals surface area contributed by atoms with Gasteiger partial charge in [-0.05, 0) is 102 Å². The van der Waals surface area contributed by atoms with Crippen LogP contribution in [-0.2, 0) is 57.5 Å². The lowest BCUT2D eigenvalue weighted by atomic mass is 9.88. The maximum absolute atomic E-state index is 11.5. The van der Waals surface area contributed by atoms with E-state index in [4.69, 9.17) is 68.6 Å². The second-order valence-electron chi connectivity index (χ2n) is 34.0. The first kappa shape index (κ1) is 128. The van der Waals surface area contributed by atoms with Crippen molar-refractivity contribution in [1.29, 1.82) is 0 Å². The van der Waals surface area contributed by atoms with Gasteiger partial charge in [-0.2, -0.15) is 0 Å². The molecule has 0 fully saturated rings. The van der Waals surface area contributed by atoms with E-state index in [9.17, 15) is 68.1 Å². The molecule has 21 atom stereocenters. The summed E-state index contributed by atoms with van der Waals surface area (Å²) in [5, 5.41) is 34.7. The second kappa shape index (κ2) is 70.5. The molecule has 0 bridgehead atoms. The van der Waals surface area contributed by atoms with Crippen molar-refractivity contribution in [3.05, 3.63) is 12.2 Å². The molecule has 28 heteroatoms. The third-order valence-electron chi connectivity index (χ3n) is 17.4. The fourth-order valence-corrected chi connectivity index (χ4v) is 10.5. The summed E-state index contributed by atoms with van der Waals surface area (Å²) in [4.78, 5) is 125. The Bertz CT molecular complexity index is 2500. The number of carbonyl (C=O) groups excluding carboxylic acids is 11. The highest BCUT2D eigenvalue weighted by molar-refractivity contribution is 7.99. The van der Waals surface area contributed by atoms with Crippen LogP contribution >= 0.6 is 24.0 Å². The zero-order valence-corrected chi connectivity index (χ0v) is 79.6. The zero-order chi connectivity index (χ0) is 92.7. The number of ether oxygens (including phenoxy) is 1. The Morgan fingerprint density at radius 1 is 0.386 bits per heavy atom. The molecule has 0 aromatic heterocycles. The monoisotopic (exact) mass is 1670 g/mol. The van der Waals surface area contributed by atoms with Gasteiger partial charge in [-0.1, -0.05) is 191 Å². The summed E-state index contributed by atoms with van der Waals surface area (Å²) in [6.45, 7) is 66.7. The number of aliphatic hydroxyl groups is 3. The number of rotatable bonds is 42. The molecule has 0 saturated heterocycles. The Labute approximate surface area is 702 Å². The van der Waals surface area contributed by atoms with Gasteiger partial charge in [0, 0.05) is 143 Å². The molecule has 0 aliphatic rings. The van der Waals surface area contributed by atoms with Gasteiger partial charge >= 0.3 is 5.97 Å². The van der Waals surface area contributed by atoms with Crippen LogP contribution in [0.5, 0.6) is 0 Å². The maximum Gasteiger partial charge on any atom is 0.323 e. The van der Waals surface area contributed by atoms with Crippen LogP contribution < -0.4 is 62.2 Å². The average Bonchev–Trinajstić information content (AvgIpc) is 0.881. The maximum atomic E-state index is 11.5. The van der Waals surface area contributed by atoms with Crippen molar-refractivity contribution >= 4 is 92.8 Å². The SMILES string of the molecule is CC(C)C(=O)[C@H](C)/C=C/[C@H](C)N.CC(C)C(=O)[C@H](C)C(O)C(O)[C@H](C)N.CC(C)C(=O)[C@H](C)CC(=O)[C@H](C)N.CC(C)C(=O)[C@H](C)CC(O)[C@H](C)N.CC(C)C(=O)[C@H](C)CC[C@H](C)N.CC(C)C(=O)[C@H](C)CS[C@H](C)N.CC(C)C(=O)[C@H](C)NC(=S)[C@H](C)N.CC(C)C(=O)[C@H](C)NC[C@H](C)N.CC(C)C(=O)[C@H](C)OC(=O)[C@H](C)N. The quantitative estimate of drug-likeness (QED) is 0.0117. The van der Waals surface area contributed by atoms with E-state index in [1.807, 2.05) is 171 Å². The first-order chi connectivity index (χ1) is 51.5. The Balaban J connectivity index is -0.000000155. The lowest BCUT2D eigenvalue weighted by molar-refractivity contribution is -0.155. The van der Waals surface area contributed by atoms with Crippen molar-refractivity contribution in [3.8, 4) is 0 Å². The number of hydrogen-bond acceptors (Lipinski definition) is 27. The molecular formula is C86H175N11O15S2. The van der Waals surface area contributed by atoms with Gasteiger partial charge in [0.2, 0.25) is 0 Å². The summed E-state index contributed by atoms with van der Waals surface area (Å²) in [6.07, 6.45) is 2.96. The van der Waals surface area contributed by atoms with Crippen molar-refractivity contribution < 1.29 is 72.8 Å². The number of Topliss-reactive ketones (excluding diaryl/α,β-unsaturated/α-hetero) is 10. The molecule has 0 spiro atoms. The van der Waals surface area contributed by atoms with Crippen LogP contribution in [0.2, 0.25) is 0 Å². The lowest BCUT2D eigenvalue weighted by Gasteiger charge is -2.26. The molecule has 26 nitrogen and oxygen atoms in total. The molecule has 3 unspecified atom stereocenters. The third kappa shape index (κ3) is 70.6. The minimum absolute atomic E-state index is 0.00370. The Hall–Kier alpha value is -4.37. The van der Waals surface area contributed by atoms with Gasteiger partial charge in [-0.15, -0.1) is 11.8 Å². The molecule has 0 aliphatic heterocycles. The number of carbonyl (C=O) groups is 11. The summed E-state index contributed by atoms with van der Waals surface area (Å²) in [5.41, 5.74) is 49.4. The van der Waals surface area contributed by atoms with Crippen molar-refractivity contribution in [2.75, 3.05) is 12.3 Å². The van der Waals surface area contributed by atoms with Crippen molar-refractivity contribution in [1.82, 2.24) is 10.6 Å². The molecule has 0 amide bonds. The first-order valence-electron chi connectivity index (χ1n) is 41.3. The van der Waals surface area contributed by atoms with E-state index in [1.54, 1.807) is 94.8 Å². The van der Waals surface area contributed by atoms with Crippen LogP contribution in [0.4, 0.5) is 0 Å². The standard InChI is InChI=1S/C10H21NO3.C10H21NO2.C10H19NO2.C10H21NO.C10H19NO.C9H18N2OS.C9H20N2O.C9H17NO3.C9H19NOS/c1-5(2)8(12)6(3)9(13)10(14)7(4)11;2*1-6(2)10(13)7(3)5-9(12)8(4)11;2*1-7(2)10(12)8(3)5-6-9(4)11;1-5(2)8(12)7(4)11-9(13)6(3)10;1-6(2)9(12)8(4)11-5-7(3)10;1-5(2)8(11)7(4)13-9(12)6(3)10;1-6(2)9(11)7(3)5-12-8(4)10/h5-7,9-10,13-14H,11H2,1-4H3;6-9,12H,5,11H2,1-4H3;6-8H,5,11H2,1-4H3;7-9H,5-6,11H2,1-4H3;5-9H,11H2,1-4H3;5-7H,10H2,1-4H3,(H,11,13);6-8,11H,5,10H2,1-4H3;5-7H,10H2,1-4H3;6-8H,5,10H2,1-4H3/b;;;;6-5+;;;;/t6-,7-,9?,10?;7-,8+,9?;7-,8+;2*8-,9+;6-,7-;7-,8-;6-,7-;7-,8-/m011110001/s1. The van der Waals surface area contributed by atoms with Crippen molar-refractivity contribution in [3.63, 3.8) is 0 Å². The van der Waals surface area contributed by atoms with Crippen LogP contribution in [-0.4, -0.2) is 187 Å². The molecule has 0 rings (SSSR count). The average molecular weight is 1670 g/mol. The number of aliphatic hydroxyl groups excluding tert-OH is 3. The van der Waals surface area contributed by atoms with Gasteiger partial charge in [-0.3, -0.25) is 52.7 Å². The van der Waals surface area contributed by atoms with Gasteiger partial charge < -0.3 is 82.3 Å². The molecule has 0 heterocycles. The fraction of sp³-hybridized carbons (Fsp3) is 0.837. The Morgan fingerprint density at radius 3 is 1.07 bits per heavy atom. The van der Waals surface area contributed by atoms with Gasteiger partial charge in [0.05, 0.1) is 47.5 Å². The van der Waals surface area contributed by atoms with E-state index < -0.39 is 54.4 Å². The Kier molecular flexibility index (Phi) is 79.0. The minimum Gasteiger partial charge on any atom is -0.454 e. The van der Waals surface area contributed by atoms with Gasteiger partial charge in [0.25, 0.3) is 0 Å². The number of nitrogens with one attached hydrogen (secondary N) is 2. The van der Waals surface area contributed by atoms with E-state index >= 15 is 0 Å². The summed E-state index contributed by atoms with van der Waals surface area (Å²) in [6, 6.07) is -2.08. The number of thiocarbonyl (C=S) groups is 1. The van der Waals surface area contributed by atoms with Gasteiger partial charge in [-0.25, -0.2) is 0 Å². The Morgan fingerprint density at radius 2 is 0.754 bits per heavy atom. The number of thioether (sulfide) groups is 1. The van der Waals surface area contributed by atoms with Crippen molar-refractivity contribution in [2.45, 2.75) is 365 Å². The molecule has 23 N–H and O–H groups in total. The van der Waals surface area contributed by atoms with Crippen LogP contribution in [0.3, 0.4) is 0 Å². The molecule has 676 valence electrons. The number of allylic oxidation sites excluding steroid dienone is 1. The fourth-order valence-electron chi connectivity index (χ4n) is 9.54. The van der Waals surface area contributed by atoms with Crippen LogP contribution in [0.15, 0.2) is 12.2 Å². The van der Waals surface area contributed by atoms with Crippen molar-refractivity contribution in [2.24, 2.45) is 140 Å². The summed E-state index contributed by atoms with van der Waals surface area (Å²) < 4.78 is 4.82. The number of hydrogen-bond donors (Lipinski definition) is 14. The van der Waals surface area contributed by atoms with E-state index in [0.717, 1.165) is 18.6 Å². The number of nitrogens with two attached hydrogens (primary N) is 9. The highest BCUT2D eigenvalue weighted by Gasteiger charge is 2.32. The molecule has 0 aromatic carbocycles.